The van der Waals surface area contributed by atoms with E-state index in [0.717, 1.165) is 10.5 Å². The second kappa shape index (κ2) is 13.7. The quantitative estimate of drug-likeness (QED) is 0.273. The van der Waals surface area contributed by atoms with Gasteiger partial charge in [0.2, 0.25) is 5.91 Å². The maximum absolute atomic E-state index is 14.0. The highest BCUT2D eigenvalue weighted by Gasteiger charge is 2.46. The topological polar surface area (TPSA) is 116 Å². The van der Waals surface area contributed by atoms with Crippen LogP contribution >= 0.6 is 15.9 Å². The molecule has 0 saturated carbocycles. The molecule has 0 spiro atoms. The van der Waals surface area contributed by atoms with Crippen LogP contribution in [0.15, 0.2) is 45.3 Å². The molecule has 2 heterocycles. The van der Waals surface area contributed by atoms with E-state index in [1.165, 1.54) is 6.92 Å². The lowest BCUT2D eigenvalue weighted by molar-refractivity contribution is -0.155. The lowest BCUT2D eigenvalue weighted by Gasteiger charge is -2.30. The van der Waals surface area contributed by atoms with E-state index < -0.39 is 36.0 Å². The van der Waals surface area contributed by atoms with Gasteiger partial charge < -0.3 is 23.7 Å². The molecule has 10 heteroatoms. The van der Waals surface area contributed by atoms with Gasteiger partial charge in [-0.1, -0.05) is 44.2 Å². The number of ether oxygens (including phenoxy) is 3. The number of cyclic esters (lactones) is 1. The van der Waals surface area contributed by atoms with Crippen molar-refractivity contribution in [2.24, 2.45) is 11.8 Å². The van der Waals surface area contributed by atoms with Gasteiger partial charge in [0.15, 0.2) is 6.10 Å². The van der Waals surface area contributed by atoms with Crippen LogP contribution in [0.4, 0.5) is 4.79 Å². The van der Waals surface area contributed by atoms with Gasteiger partial charge in [0.1, 0.15) is 18.1 Å². The second-order valence-corrected chi connectivity index (χ2v) is 10.1. The molecule has 3 rings (SSSR count). The normalized spacial score (nSPS) is 17.1. The Labute approximate surface area is 225 Å². The number of aliphatic hydroxyl groups is 1. The molecule has 2 amide bonds. The van der Waals surface area contributed by atoms with Crippen molar-refractivity contribution in [3.05, 3.63) is 58.0 Å². The molecule has 2 aromatic rings. The number of furan rings is 1. The van der Waals surface area contributed by atoms with Crippen LogP contribution < -0.4 is 0 Å². The number of hydrogen-bond donors (Lipinski definition) is 1. The number of halogens is 1. The third-order valence-corrected chi connectivity index (χ3v) is 6.84. The Hall–Kier alpha value is -2.69. The molecular formula is C27H34BrNO8. The number of carbonyl (C=O) groups is 3. The number of rotatable bonds is 13. The summed E-state index contributed by atoms with van der Waals surface area (Å²) < 4.78 is 23.0. The SMILES string of the molecule is CC(=O)O[C@H](c1cc(Br)c(CCCOCCO)o1)[C@H](Cc1ccccc1)C(=O)N1C(=O)OC[C@@H]1C(C)C. The van der Waals surface area contributed by atoms with Crippen molar-refractivity contribution >= 4 is 33.9 Å². The third kappa shape index (κ3) is 7.66. The molecule has 37 heavy (non-hydrogen) atoms. The molecule has 1 saturated heterocycles. The third-order valence-electron chi connectivity index (χ3n) is 6.17. The Morgan fingerprint density at radius 3 is 2.59 bits per heavy atom. The number of esters is 1. The van der Waals surface area contributed by atoms with Gasteiger partial charge in [-0.15, -0.1) is 0 Å². The van der Waals surface area contributed by atoms with E-state index in [0.29, 0.717) is 35.4 Å². The van der Waals surface area contributed by atoms with Crippen LogP contribution in [0, 0.1) is 11.8 Å². The lowest BCUT2D eigenvalue weighted by Crippen LogP contribution is -2.47. The number of aliphatic hydroxyl groups excluding tert-OH is 1. The van der Waals surface area contributed by atoms with E-state index in [-0.39, 0.29) is 32.2 Å². The van der Waals surface area contributed by atoms with E-state index in [2.05, 4.69) is 15.9 Å². The number of benzene rings is 1. The molecule has 0 unspecified atom stereocenters. The minimum Gasteiger partial charge on any atom is -0.461 e. The van der Waals surface area contributed by atoms with Crippen molar-refractivity contribution in [2.75, 3.05) is 26.4 Å². The first-order chi connectivity index (χ1) is 17.7. The molecule has 1 fully saturated rings. The first kappa shape index (κ1) is 28.9. The fourth-order valence-electron chi connectivity index (χ4n) is 4.31. The Morgan fingerprint density at radius 1 is 1.22 bits per heavy atom. The molecule has 9 nitrogen and oxygen atoms in total. The average molecular weight is 580 g/mol. The van der Waals surface area contributed by atoms with Crippen LogP contribution in [-0.2, 0) is 36.6 Å². The molecule has 202 valence electrons. The second-order valence-electron chi connectivity index (χ2n) is 9.28. The molecule has 1 aliphatic rings. The fourth-order valence-corrected chi connectivity index (χ4v) is 4.81. The summed E-state index contributed by atoms with van der Waals surface area (Å²) in [6, 6.07) is 10.6. The zero-order chi connectivity index (χ0) is 26.9. The summed E-state index contributed by atoms with van der Waals surface area (Å²) in [6.07, 6.45) is -0.375. The van der Waals surface area contributed by atoms with Gasteiger partial charge in [-0.3, -0.25) is 9.59 Å². The summed E-state index contributed by atoms with van der Waals surface area (Å²) in [5.41, 5.74) is 0.846. The Bertz CT molecular complexity index is 1050. The van der Waals surface area contributed by atoms with Crippen molar-refractivity contribution in [3.63, 3.8) is 0 Å². The summed E-state index contributed by atoms with van der Waals surface area (Å²) in [5.74, 6) is -1.09. The standard InChI is InChI=1S/C27H34BrNO8/c1-17(2)22-16-35-27(33)29(22)26(32)20(14-19-8-5-4-6-9-19)25(36-18(3)31)24-15-21(28)23(37-24)10-7-12-34-13-11-30/h4-6,8-9,15,17,20,22,25,30H,7,10-14,16H2,1-3H3/t20-,22+,25-/m0/s1. The van der Waals surface area contributed by atoms with E-state index in [4.69, 9.17) is 23.7 Å². The number of hydrogen-bond acceptors (Lipinski definition) is 8. The van der Waals surface area contributed by atoms with Crippen LogP contribution in [0.25, 0.3) is 0 Å². The highest BCUT2D eigenvalue weighted by molar-refractivity contribution is 9.10. The van der Waals surface area contributed by atoms with Crippen LogP contribution in [0.2, 0.25) is 0 Å². The minimum absolute atomic E-state index is 0.0163. The van der Waals surface area contributed by atoms with Crippen LogP contribution in [-0.4, -0.2) is 60.4 Å². The summed E-state index contributed by atoms with van der Waals surface area (Å²) >= 11 is 3.51. The van der Waals surface area contributed by atoms with E-state index in [9.17, 15) is 14.4 Å². The van der Waals surface area contributed by atoms with Gasteiger partial charge in [0.25, 0.3) is 0 Å². The zero-order valence-electron chi connectivity index (χ0n) is 21.4. The predicted octanol–water partition coefficient (Wildman–Crippen LogP) is 4.45. The van der Waals surface area contributed by atoms with Gasteiger partial charge in [-0.25, -0.2) is 9.69 Å². The molecule has 1 aromatic carbocycles. The fraction of sp³-hybridized carbons (Fsp3) is 0.519. The van der Waals surface area contributed by atoms with Crippen molar-refractivity contribution in [3.8, 4) is 0 Å². The Balaban J connectivity index is 1.95. The molecule has 0 aliphatic carbocycles. The van der Waals surface area contributed by atoms with E-state index in [1.54, 1.807) is 6.07 Å². The highest BCUT2D eigenvalue weighted by Crippen LogP contribution is 2.37. The number of imide groups is 1. The number of aryl methyl sites for hydroxylation is 1. The summed E-state index contributed by atoms with van der Waals surface area (Å²) in [4.78, 5) is 40.0. The smallest absolute Gasteiger partial charge is 0.416 e. The first-order valence-electron chi connectivity index (χ1n) is 12.4. The van der Waals surface area contributed by atoms with Crippen molar-refractivity contribution in [1.82, 2.24) is 4.90 Å². The molecule has 3 atom stereocenters. The van der Waals surface area contributed by atoms with Crippen LogP contribution in [0.3, 0.4) is 0 Å². The molecule has 1 aliphatic heterocycles. The summed E-state index contributed by atoms with van der Waals surface area (Å²) in [6.45, 7) is 5.89. The lowest BCUT2D eigenvalue weighted by atomic mass is 9.90. The Kier molecular flexibility index (Phi) is 10.7. The van der Waals surface area contributed by atoms with Crippen molar-refractivity contribution < 1.29 is 38.1 Å². The summed E-state index contributed by atoms with van der Waals surface area (Å²) in [5, 5.41) is 8.85. The first-order valence-corrected chi connectivity index (χ1v) is 13.2. The average Bonchev–Trinajstić information content (AvgIpc) is 3.43. The van der Waals surface area contributed by atoms with Crippen LogP contribution in [0.1, 0.15) is 50.4 Å². The van der Waals surface area contributed by atoms with Crippen molar-refractivity contribution in [2.45, 2.75) is 52.2 Å². The predicted molar refractivity (Wildman–Crippen MR) is 138 cm³/mol. The number of amides is 2. The van der Waals surface area contributed by atoms with Gasteiger partial charge in [-0.2, -0.15) is 0 Å². The molecule has 0 radical (unpaired) electrons. The largest absolute Gasteiger partial charge is 0.461 e. The van der Waals surface area contributed by atoms with Gasteiger partial charge in [0, 0.05) is 20.0 Å². The number of carbonyl (C=O) groups excluding carboxylic acids is 3. The Morgan fingerprint density at radius 2 is 1.95 bits per heavy atom. The molecular weight excluding hydrogens is 546 g/mol. The van der Waals surface area contributed by atoms with Gasteiger partial charge in [0.05, 0.1) is 29.6 Å². The highest BCUT2D eigenvalue weighted by atomic mass is 79.9. The van der Waals surface area contributed by atoms with Gasteiger partial charge in [-0.05, 0) is 46.3 Å². The maximum Gasteiger partial charge on any atom is 0.416 e. The van der Waals surface area contributed by atoms with E-state index in [1.807, 2.05) is 44.2 Å². The molecule has 1 N–H and O–H groups in total. The number of nitrogens with zero attached hydrogens (tertiary/aromatic N) is 1. The van der Waals surface area contributed by atoms with Crippen LogP contribution in [0.5, 0.6) is 0 Å². The minimum atomic E-state index is -1.07. The monoisotopic (exact) mass is 579 g/mol. The molecule has 0 bridgehead atoms. The zero-order valence-corrected chi connectivity index (χ0v) is 22.9. The summed E-state index contributed by atoms with van der Waals surface area (Å²) in [7, 11) is 0. The van der Waals surface area contributed by atoms with Gasteiger partial charge >= 0.3 is 12.1 Å². The van der Waals surface area contributed by atoms with Crippen molar-refractivity contribution in [1.29, 1.82) is 0 Å². The maximum atomic E-state index is 14.0. The van der Waals surface area contributed by atoms with E-state index >= 15 is 0 Å². The molecule has 1 aromatic heterocycles.